The highest BCUT2D eigenvalue weighted by Crippen LogP contribution is 2.10. The maximum absolute atomic E-state index is 12.8. The minimum atomic E-state index is -0.855. The Morgan fingerprint density at radius 3 is 1.01 bits per heavy atom. The molecule has 0 aliphatic rings. The molecular formula is C61H86O6. The second-order valence-corrected chi connectivity index (χ2v) is 15.5. The van der Waals surface area contributed by atoms with E-state index in [0.717, 1.165) is 89.9 Å². The van der Waals surface area contributed by atoms with Crippen LogP contribution in [0.2, 0.25) is 0 Å². The molecule has 0 aromatic heterocycles. The molecule has 0 saturated carbocycles. The van der Waals surface area contributed by atoms with Gasteiger partial charge in [0.2, 0.25) is 0 Å². The number of rotatable bonds is 41. The van der Waals surface area contributed by atoms with Gasteiger partial charge in [-0.05, 0) is 96.3 Å². The molecule has 67 heavy (non-hydrogen) atoms. The summed E-state index contributed by atoms with van der Waals surface area (Å²) in [5.41, 5.74) is 0. The van der Waals surface area contributed by atoms with E-state index < -0.39 is 12.1 Å². The lowest BCUT2D eigenvalue weighted by molar-refractivity contribution is -0.167. The predicted molar refractivity (Wildman–Crippen MR) is 287 cm³/mol. The van der Waals surface area contributed by atoms with Gasteiger partial charge in [-0.15, -0.1) is 0 Å². The van der Waals surface area contributed by atoms with Gasteiger partial charge >= 0.3 is 17.9 Å². The number of carbonyl (C=O) groups is 3. The Labute approximate surface area is 407 Å². The SMILES string of the molecule is CC\C=C/C=C\C=C/C=C\C=C\C=C/C=C\CCCCCC(=O)OCC(COC(=O)CCCCC\C=C/C=C\C=C/C=C\CC)OC(=O)CCC/C=C\C/C=C\C/C=C\C/C=C\C/C=C\CC. The van der Waals surface area contributed by atoms with Gasteiger partial charge in [-0.25, -0.2) is 0 Å². The van der Waals surface area contributed by atoms with Gasteiger partial charge in [0, 0.05) is 19.3 Å². The zero-order valence-corrected chi connectivity index (χ0v) is 41.6. The first-order chi connectivity index (χ1) is 33.0. The quantitative estimate of drug-likeness (QED) is 0.0200. The van der Waals surface area contributed by atoms with Crippen LogP contribution in [0.5, 0.6) is 0 Å². The van der Waals surface area contributed by atoms with E-state index in [1.807, 2.05) is 109 Å². The lowest BCUT2D eigenvalue weighted by Crippen LogP contribution is -2.30. The Hall–Kier alpha value is -5.75. The zero-order valence-electron chi connectivity index (χ0n) is 41.6. The van der Waals surface area contributed by atoms with Crippen LogP contribution < -0.4 is 0 Å². The molecule has 0 rings (SSSR count). The topological polar surface area (TPSA) is 78.9 Å². The molecule has 0 saturated heterocycles. The van der Waals surface area contributed by atoms with E-state index in [9.17, 15) is 14.4 Å². The Kier molecular flexibility index (Phi) is 48.3. The number of hydrogen-bond donors (Lipinski definition) is 0. The molecule has 0 bridgehead atoms. The van der Waals surface area contributed by atoms with Gasteiger partial charge in [0.15, 0.2) is 6.10 Å². The first-order valence-corrected chi connectivity index (χ1v) is 25.1. The Balaban J connectivity index is 4.70. The Bertz CT molecular complexity index is 1710. The molecule has 1 unspecified atom stereocenters. The highest BCUT2D eigenvalue weighted by Gasteiger charge is 2.19. The van der Waals surface area contributed by atoms with Crippen molar-refractivity contribution in [1.29, 1.82) is 0 Å². The number of ether oxygens (including phenoxy) is 3. The molecule has 366 valence electrons. The fourth-order valence-electron chi connectivity index (χ4n) is 5.70. The van der Waals surface area contributed by atoms with Gasteiger partial charge in [0.05, 0.1) is 0 Å². The predicted octanol–water partition coefficient (Wildman–Crippen LogP) is 16.7. The smallest absolute Gasteiger partial charge is 0.306 e. The van der Waals surface area contributed by atoms with Crippen LogP contribution in [0, 0.1) is 0 Å². The monoisotopic (exact) mass is 915 g/mol. The molecule has 0 heterocycles. The third-order valence-electron chi connectivity index (χ3n) is 9.36. The summed E-state index contributed by atoms with van der Waals surface area (Å²) >= 11 is 0. The standard InChI is InChI=1S/C61H86O6/c1-4-7-10-13-16-19-22-25-27-29-30-32-33-36-39-42-45-48-51-54-60(63)66-57-58(56-65-59(62)53-50-47-44-41-38-35-24-21-18-15-12-9-6-3)67-61(64)55-52-49-46-43-40-37-34-31-28-26-23-20-17-14-11-8-5-2/h7-13,15-22,24-30,32-39,43,46,58H,4-6,14,23,31,40-42,44-45,47-57H2,1-3H3/b10-7-,11-8-,12-9-,16-13-,18-15-,20-17-,22-19-,24-21-,27-25-,28-26-,30-29+,33-32-,37-34-,38-35-,39-36-,46-43-. The maximum atomic E-state index is 12.8. The largest absolute Gasteiger partial charge is 0.462 e. The molecule has 0 fully saturated rings. The second-order valence-electron chi connectivity index (χ2n) is 15.5. The molecule has 6 nitrogen and oxygen atoms in total. The number of esters is 3. The summed E-state index contributed by atoms with van der Waals surface area (Å²) < 4.78 is 16.7. The summed E-state index contributed by atoms with van der Waals surface area (Å²) in [6, 6.07) is 0. The van der Waals surface area contributed by atoms with Crippen LogP contribution >= 0.6 is 0 Å². The molecule has 0 radical (unpaired) electrons. The summed E-state index contributed by atoms with van der Waals surface area (Å²) in [5, 5.41) is 0. The van der Waals surface area contributed by atoms with Crippen molar-refractivity contribution < 1.29 is 28.6 Å². The van der Waals surface area contributed by atoms with Crippen LogP contribution in [-0.2, 0) is 28.6 Å². The van der Waals surface area contributed by atoms with Crippen molar-refractivity contribution in [3.63, 3.8) is 0 Å². The molecule has 0 aromatic carbocycles. The van der Waals surface area contributed by atoms with Crippen molar-refractivity contribution in [2.75, 3.05) is 13.2 Å². The summed E-state index contributed by atoms with van der Waals surface area (Å²) in [7, 11) is 0. The van der Waals surface area contributed by atoms with Gasteiger partial charge in [-0.1, -0.05) is 228 Å². The highest BCUT2D eigenvalue weighted by atomic mass is 16.6. The van der Waals surface area contributed by atoms with Crippen molar-refractivity contribution in [3.05, 3.63) is 194 Å². The molecule has 6 heteroatoms. The lowest BCUT2D eigenvalue weighted by atomic mass is 10.1. The van der Waals surface area contributed by atoms with E-state index in [-0.39, 0.29) is 44.4 Å². The van der Waals surface area contributed by atoms with Crippen molar-refractivity contribution in [3.8, 4) is 0 Å². The number of unbranched alkanes of at least 4 members (excludes halogenated alkanes) is 7. The summed E-state index contributed by atoms with van der Waals surface area (Å²) in [6.07, 6.45) is 81.3. The minimum Gasteiger partial charge on any atom is -0.462 e. The van der Waals surface area contributed by atoms with Crippen molar-refractivity contribution in [2.45, 2.75) is 155 Å². The third kappa shape index (κ3) is 51.1. The van der Waals surface area contributed by atoms with Gasteiger partial charge in [-0.3, -0.25) is 14.4 Å². The van der Waals surface area contributed by atoms with Crippen LogP contribution in [0.3, 0.4) is 0 Å². The molecular weight excluding hydrogens is 829 g/mol. The van der Waals surface area contributed by atoms with Crippen molar-refractivity contribution >= 4 is 17.9 Å². The summed E-state index contributed by atoms with van der Waals surface area (Å²) in [5.74, 6) is -1.11. The Morgan fingerprint density at radius 1 is 0.313 bits per heavy atom. The summed E-state index contributed by atoms with van der Waals surface area (Å²) in [6.45, 7) is 6.06. The van der Waals surface area contributed by atoms with Crippen LogP contribution in [0.1, 0.15) is 149 Å². The molecule has 0 aliphatic heterocycles. The van der Waals surface area contributed by atoms with E-state index in [1.165, 1.54) is 0 Å². The normalized spacial score (nSPS) is 13.8. The average Bonchev–Trinajstić information content (AvgIpc) is 3.33. The molecule has 0 aliphatic carbocycles. The van der Waals surface area contributed by atoms with E-state index in [4.69, 9.17) is 14.2 Å². The minimum absolute atomic E-state index is 0.149. The number of allylic oxidation sites excluding steroid dienone is 32. The van der Waals surface area contributed by atoms with Crippen LogP contribution in [0.4, 0.5) is 0 Å². The third-order valence-corrected chi connectivity index (χ3v) is 9.36. The highest BCUT2D eigenvalue weighted by molar-refractivity contribution is 5.71. The number of carbonyl (C=O) groups excluding carboxylic acids is 3. The fourth-order valence-corrected chi connectivity index (χ4v) is 5.70. The van der Waals surface area contributed by atoms with Crippen molar-refractivity contribution in [2.24, 2.45) is 0 Å². The van der Waals surface area contributed by atoms with E-state index in [1.54, 1.807) is 0 Å². The van der Waals surface area contributed by atoms with Gasteiger partial charge in [-0.2, -0.15) is 0 Å². The zero-order chi connectivity index (χ0) is 48.6. The second kappa shape index (κ2) is 52.9. The van der Waals surface area contributed by atoms with Gasteiger partial charge in [0.1, 0.15) is 13.2 Å². The van der Waals surface area contributed by atoms with Crippen LogP contribution in [-0.4, -0.2) is 37.2 Å². The molecule has 0 amide bonds. The van der Waals surface area contributed by atoms with E-state index in [2.05, 4.69) is 106 Å². The lowest BCUT2D eigenvalue weighted by Gasteiger charge is -2.18. The van der Waals surface area contributed by atoms with Crippen LogP contribution in [0.15, 0.2) is 194 Å². The first kappa shape index (κ1) is 61.2. The number of hydrogen-bond acceptors (Lipinski definition) is 6. The molecule has 0 spiro atoms. The van der Waals surface area contributed by atoms with E-state index in [0.29, 0.717) is 19.3 Å². The van der Waals surface area contributed by atoms with E-state index >= 15 is 0 Å². The molecule has 0 aromatic rings. The van der Waals surface area contributed by atoms with Gasteiger partial charge < -0.3 is 14.2 Å². The first-order valence-electron chi connectivity index (χ1n) is 25.1. The fraction of sp³-hybridized carbons (Fsp3) is 0.426. The molecule has 0 N–H and O–H groups in total. The van der Waals surface area contributed by atoms with Crippen molar-refractivity contribution in [1.82, 2.24) is 0 Å². The average molecular weight is 915 g/mol. The molecule has 1 atom stereocenters. The maximum Gasteiger partial charge on any atom is 0.306 e. The van der Waals surface area contributed by atoms with Crippen LogP contribution in [0.25, 0.3) is 0 Å². The summed E-state index contributed by atoms with van der Waals surface area (Å²) in [4.78, 5) is 38.0. The Morgan fingerprint density at radius 2 is 0.627 bits per heavy atom. The van der Waals surface area contributed by atoms with Gasteiger partial charge in [0.25, 0.3) is 0 Å².